The van der Waals surface area contributed by atoms with Crippen LogP contribution in [0.3, 0.4) is 0 Å². The van der Waals surface area contributed by atoms with Crippen LogP contribution in [-0.2, 0) is 5.75 Å². The SMILES string of the molecule is Clc1ccc(CSc2nc3cc(Br)c(Br)cc3o2)cc1. The van der Waals surface area contributed by atoms with E-state index in [4.69, 9.17) is 16.0 Å². The van der Waals surface area contributed by atoms with E-state index in [1.54, 1.807) is 11.8 Å². The molecule has 0 aliphatic carbocycles. The van der Waals surface area contributed by atoms with Gasteiger partial charge >= 0.3 is 0 Å². The smallest absolute Gasteiger partial charge is 0.257 e. The van der Waals surface area contributed by atoms with Crippen molar-refractivity contribution in [1.29, 1.82) is 0 Å². The first-order valence-electron chi connectivity index (χ1n) is 5.74. The summed E-state index contributed by atoms with van der Waals surface area (Å²) in [5, 5.41) is 1.41. The highest BCUT2D eigenvalue weighted by atomic mass is 79.9. The van der Waals surface area contributed by atoms with E-state index in [1.165, 1.54) is 5.56 Å². The van der Waals surface area contributed by atoms with Crippen LogP contribution in [0.15, 0.2) is 55.0 Å². The lowest BCUT2D eigenvalue weighted by Gasteiger charge is -1.98. The molecule has 3 rings (SSSR count). The van der Waals surface area contributed by atoms with E-state index in [-0.39, 0.29) is 0 Å². The van der Waals surface area contributed by atoms with Gasteiger partial charge in [0, 0.05) is 19.7 Å². The molecule has 1 heterocycles. The number of hydrogen-bond acceptors (Lipinski definition) is 3. The van der Waals surface area contributed by atoms with Gasteiger partial charge in [-0.05, 0) is 61.7 Å². The predicted molar refractivity (Wildman–Crippen MR) is 90.4 cm³/mol. The van der Waals surface area contributed by atoms with E-state index in [9.17, 15) is 0 Å². The number of hydrogen-bond donors (Lipinski definition) is 0. The molecule has 0 saturated heterocycles. The zero-order chi connectivity index (χ0) is 14.1. The van der Waals surface area contributed by atoms with Crippen LogP contribution in [-0.4, -0.2) is 4.98 Å². The van der Waals surface area contributed by atoms with Crippen molar-refractivity contribution < 1.29 is 4.42 Å². The quantitative estimate of drug-likeness (QED) is 0.454. The molecule has 0 fully saturated rings. The Kier molecular flexibility index (Phi) is 4.40. The van der Waals surface area contributed by atoms with Gasteiger partial charge in [-0.25, -0.2) is 4.98 Å². The molecular weight excluding hydrogens is 425 g/mol. The van der Waals surface area contributed by atoms with Gasteiger partial charge in [0.2, 0.25) is 0 Å². The summed E-state index contributed by atoms with van der Waals surface area (Å²) in [7, 11) is 0. The minimum Gasteiger partial charge on any atom is -0.431 e. The molecule has 0 amide bonds. The van der Waals surface area contributed by atoms with E-state index in [2.05, 4.69) is 36.8 Å². The van der Waals surface area contributed by atoms with Crippen molar-refractivity contribution >= 4 is 66.3 Å². The van der Waals surface area contributed by atoms with Crippen molar-refractivity contribution in [2.24, 2.45) is 0 Å². The summed E-state index contributed by atoms with van der Waals surface area (Å²) in [4.78, 5) is 4.47. The number of fused-ring (bicyclic) bond motifs is 1. The first kappa shape index (κ1) is 14.4. The van der Waals surface area contributed by atoms with Gasteiger partial charge in [0.25, 0.3) is 5.22 Å². The second-order valence-corrected chi connectivity index (χ2v) is 7.20. The summed E-state index contributed by atoms with van der Waals surface area (Å²) in [5.41, 5.74) is 2.81. The van der Waals surface area contributed by atoms with Gasteiger partial charge in [-0.2, -0.15) is 0 Å². The Morgan fingerprint density at radius 3 is 2.55 bits per heavy atom. The van der Waals surface area contributed by atoms with Crippen molar-refractivity contribution in [1.82, 2.24) is 4.98 Å². The molecule has 1 aromatic heterocycles. The third-order valence-corrected chi connectivity index (χ3v) is 5.68. The zero-order valence-electron chi connectivity index (χ0n) is 10.1. The van der Waals surface area contributed by atoms with Crippen LogP contribution in [0, 0.1) is 0 Å². The minimum absolute atomic E-state index is 0.667. The lowest BCUT2D eigenvalue weighted by atomic mass is 10.2. The Balaban J connectivity index is 1.79. The van der Waals surface area contributed by atoms with Gasteiger partial charge in [-0.3, -0.25) is 0 Å². The van der Waals surface area contributed by atoms with Gasteiger partial charge < -0.3 is 4.42 Å². The molecule has 0 unspecified atom stereocenters. The number of thioether (sulfide) groups is 1. The zero-order valence-corrected chi connectivity index (χ0v) is 14.8. The van der Waals surface area contributed by atoms with Gasteiger partial charge in [0.15, 0.2) is 5.58 Å². The average molecular weight is 434 g/mol. The molecule has 0 atom stereocenters. The molecule has 0 spiro atoms. The third kappa shape index (κ3) is 3.22. The molecule has 2 nitrogen and oxygen atoms in total. The van der Waals surface area contributed by atoms with E-state index < -0.39 is 0 Å². The van der Waals surface area contributed by atoms with Crippen LogP contribution in [0.5, 0.6) is 0 Å². The van der Waals surface area contributed by atoms with Gasteiger partial charge in [-0.1, -0.05) is 35.5 Å². The molecule has 0 N–H and O–H groups in total. The molecule has 0 aliphatic rings. The summed E-state index contributed by atoms with van der Waals surface area (Å²) < 4.78 is 7.64. The van der Waals surface area contributed by atoms with Crippen LogP contribution in [0.25, 0.3) is 11.1 Å². The summed E-state index contributed by atoms with van der Waals surface area (Å²) >= 11 is 14.3. The fourth-order valence-electron chi connectivity index (χ4n) is 1.69. The molecule has 0 bridgehead atoms. The fraction of sp³-hybridized carbons (Fsp3) is 0.0714. The second kappa shape index (κ2) is 6.10. The average Bonchev–Trinajstić information content (AvgIpc) is 2.80. The molecule has 20 heavy (non-hydrogen) atoms. The van der Waals surface area contributed by atoms with Crippen molar-refractivity contribution in [2.45, 2.75) is 11.0 Å². The topological polar surface area (TPSA) is 26.0 Å². The molecule has 2 aromatic carbocycles. The fourth-order valence-corrected chi connectivity index (χ4v) is 3.26. The number of oxazole rings is 1. The normalized spacial score (nSPS) is 11.2. The maximum absolute atomic E-state index is 5.87. The van der Waals surface area contributed by atoms with Crippen molar-refractivity contribution in [3.8, 4) is 0 Å². The number of benzene rings is 2. The van der Waals surface area contributed by atoms with E-state index in [1.807, 2.05) is 36.4 Å². The summed E-state index contributed by atoms with van der Waals surface area (Å²) in [6.45, 7) is 0. The second-order valence-electron chi connectivity index (χ2n) is 4.13. The van der Waals surface area contributed by atoms with E-state index >= 15 is 0 Å². The minimum atomic E-state index is 0.667. The standard InChI is InChI=1S/C14H8Br2ClNOS/c15-10-5-12-13(6-11(10)16)19-14(18-12)20-7-8-1-3-9(17)4-2-8/h1-6H,7H2. The summed E-state index contributed by atoms with van der Waals surface area (Å²) in [5.74, 6) is 0.798. The maximum atomic E-state index is 5.87. The van der Waals surface area contributed by atoms with Crippen LogP contribution < -0.4 is 0 Å². The Bertz CT molecular complexity index is 719. The molecule has 102 valence electrons. The first-order valence-corrected chi connectivity index (χ1v) is 8.69. The monoisotopic (exact) mass is 431 g/mol. The summed E-state index contributed by atoms with van der Waals surface area (Å²) in [6, 6.07) is 11.6. The Morgan fingerprint density at radius 1 is 1.10 bits per heavy atom. The van der Waals surface area contributed by atoms with Crippen LogP contribution >= 0.6 is 55.2 Å². The van der Waals surface area contributed by atoms with Crippen molar-refractivity contribution in [3.05, 3.63) is 55.9 Å². The van der Waals surface area contributed by atoms with E-state index in [0.717, 1.165) is 30.8 Å². The van der Waals surface area contributed by atoms with Crippen molar-refractivity contribution in [2.75, 3.05) is 0 Å². The van der Waals surface area contributed by atoms with Crippen LogP contribution in [0.4, 0.5) is 0 Å². The maximum Gasteiger partial charge on any atom is 0.257 e. The van der Waals surface area contributed by atoms with Gasteiger partial charge in [0.1, 0.15) is 5.52 Å². The number of aromatic nitrogens is 1. The lowest BCUT2D eigenvalue weighted by molar-refractivity contribution is 0.489. The predicted octanol–water partition coefficient (Wildman–Crippen LogP) is 6.30. The number of nitrogens with zero attached hydrogens (tertiary/aromatic N) is 1. The number of halogens is 3. The highest BCUT2D eigenvalue weighted by molar-refractivity contribution is 9.13. The van der Waals surface area contributed by atoms with Gasteiger partial charge in [-0.15, -0.1) is 0 Å². The lowest BCUT2D eigenvalue weighted by Crippen LogP contribution is -1.79. The largest absolute Gasteiger partial charge is 0.431 e. The molecule has 0 aliphatic heterocycles. The molecule has 3 aromatic rings. The summed E-state index contributed by atoms with van der Waals surface area (Å²) in [6.07, 6.45) is 0. The number of rotatable bonds is 3. The first-order chi connectivity index (χ1) is 9.61. The Morgan fingerprint density at radius 2 is 1.80 bits per heavy atom. The molecule has 0 radical (unpaired) electrons. The van der Waals surface area contributed by atoms with Crippen LogP contribution in [0.1, 0.15) is 5.56 Å². The van der Waals surface area contributed by atoms with Crippen LogP contribution in [0.2, 0.25) is 5.02 Å². The van der Waals surface area contributed by atoms with Gasteiger partial charge in [0.05, 0.1) is 0 Å². The van der Waals surface area contributed by atoms with E-state index in [0.29, 0.717) is 5.22 Å². The molecule has 0 saturated carbocycles. The Hall–Kier alpha value is -0.490. The highest BCUT2D eigenvalue weighted by Gasteiger charge is 2.09. The van der Waals surface area contributed by atoms with Crippen molar-refractivity contribution in [3.63, 3.8) is 0 Å². The highest BCUT2D eigenvalue weighted by Crippen LogP contribution is 2.32. The molecule has 6 heteroatoms. The third-order valence-electron chi connectivity index (χ3n) is 2.69. The Labute approximate surface area is 142 Å². The molecular formula is C14H8Br2ClNOS.